The van der Waals surface area contributed by atoms with Gasteiger partial charge in [-0.2, -0.15) is 10.2 Å². The molecule has 0 aliphatic rings. The Morgan fingerprint density at radius 2 is 2.19 bits per heavy atom. The van der Waals surface area contributed by atoms with Crippen LogP contribution >= 0.6 is 0 Å². The van der Waals surface area contributed by atoms with E-state index < -0.39 is 0 Å². The minimum absolute atomic E-state index is 0.334. The van der Waals surface area contributed by atoms with Gasteiger partial charge in [0.25, 0.3) is 0 Å². The fourth-order valence-electron chi connectivity index (χ4n) is 1.96. The van der Waals surface area contributed by atoms with E-state index in [9.17, 15) is 4.79 Å². The average molecular weight is 286 g/mol. The second-order valence-corrected chi connectivity index (χ2v) is 4.50. The SMILES string of the molecule is Cc1nc(NCc2n[nH]c(=O)[nH]2)c(C)c(-n2cccn2)n1. The molecule has 0 bridgehead atoms. The lowest BCUT2D eigenvalue weighted by molar-refractivity contribution is 0.815. The second-order valence-electron chi connectivity index (χ2n) is 4.50. The van der Waals surface area contributed by atoms with Crippen molar-refractivity contribution in [2.45, 2.75) is 20.4 Å². The molecule has 0 amide bonds. The Bertz CT molecular complexity index is 801. The molecule has 9 nitrogen and oxygen atoms in total. The number of hydrogen-bond donors (Lipinski definition) is 3. The molecule has 9 heteroatoms. The highest BCUT2D eigenvalue weighted by atomic mass is 16.1. The highest BCUT2D eigenvalue weighted by Gasteiger charge is 2.11. The summed E-state index contributed by atoms with van der Waals surface area (Å²) in [5.74, 6) is 2.53. The molecular weight excluding hydrogens is 272 g/mol. The zero-order valence-corrected chi connectivity index (χ0v) is 11.6. The monoisotopic (exact) mass is 286 g/mol. The van der Waals surface area contributed by atoms with Gasteiger partial charge in [0.15, 0.2) is 5.82 Å². The van der Waals surface area contributed by atoms with Crippen LogP contribution in [0.2, 0.25) is 0 Å². The Balaban J connectivity index is 1.90. The van der Waals surface area contributed by atoms with Gasteiger partial charge in [-0.15, -0.1) is 0 Å². The van der Waals surface area contributed by atoms with Crippen molar-refractivity contribution >= 4 is 5.82 Å². The van der Waals surface area contributed by atoms with E-state index in [0.717, 1.165) is 5.56 Å². The molecule has 3 aromatic heterocycles. The van der Waals surface area contributed by atoms with Crippen LogP contribution in [0.15, 0.2) is 23.3 Å². The Kier molecular flexibility index (Phi) is 3.22. The molecule has 0 aliphatic heterocycles. The van der Waals surface area contributed by atoms with Gasteiger partial charge in [-0.1, -0.05) is 0 Å². The van der Waals surface area contributed by atoms with E-state index in [2.05, 4.69) is 35.6 Å². The van der Waals surface area contributed by atoms with Crippen molar-refractivity contribution in [3.63, 3.8) is 0 Å². The number of aromatic nitrogens is 7. The number of aromatic amines is 2. The first-order valence-electron chi connectivity index (χ1n) is 6.36. The minimum Gasteiger partial charge on any atom is -0.362 e. The Morgan fingerprint density at radius 1 is 1.33 bits per heavy atom. The van der Waals surface area contributed by atoms with Crippen LogP contribution < -0.4 is 11.0 Å². The summed E-state index contributed by atoms with van der Waals surface area (Å²) in [6, 6.07) is 1.83. The molecule has 3 N–H and O–H groups in total. The summed E-state index contributed by atoms with van der Waals surface area (Å²) in [4.78, 5) is 22.3. The van der Waals surface area contributed by atoms with Crippen LogP contribution in [0.1, 0.15) is 17.2 Å². The Hall–Kier alpha value is -2.97. The maximum absolute atomic E-state index is 11.0. The first kappa shape index (κ1) is 13.0. The molecule has 0 aromatic carbocycles. The van der Waals surface area contributed by atoms with E-state index in [0.29, 0.717) is 29.8 Å². The van der Waals surface area contributed by atoms with Gasteiger partial charge >= 0.3 is 5.69 Å². The summed E-state index contributed by atoms with van der Waals surface area (Å²) in [6.45, 7) is 4.08. The quantitative estimate of drug-likeness (QED) is 0.635. The van der Waals surface area contributed by atoms with Gasteiger partial charge in [0.1, 0.15) is 17.5 Å². The Labute approximate surface area is 119 Å². The van der Waals surface area contributed by atoms with Crippen LogP contribution in [0.25, 0.3) is 5.82 Å². The minimum atomic E-state index is -0.334. The van der Waals surface area contributed by atoms with E-state index in [4.69, 9.17) is 0 Å². The zero-order chi connectivity index (χ0) is 14.8. The molecule has 0 saturated heterocycles. The highest BCUT2D eigenvalue weighted by molar-refractivity contribution is 5.51. The summed E-state index contributed by atoms with van der Waals surface area (Å²) in [7, 11) is 0. The van der Waals surface area contributed by atoms with Crippen molar-refractivity contribution in [2.24, 2.45) is 0 Å². The van der Waals surface area contributed by atoms with Crippen molar-refractivity contribution in [3.05, 3.63) is 46.2 Å². The maximum Gasteiger partial charge on any atom is 0.340 e. The van der Waals surface area contributed by atoms with E-state index in [1.54, 1.807) is 10.9 Å². The predicted octanol–water partition coefficient (Wildman–Crippen LogP) is 0.303. The Morgan fingerprint density at radius 3 is 2.86 bits per heavy atom. The summed E-state index contributed by atoms with van der Waals surface area (Å²) < 4.78 is 1.69. The fraction of sp³-hybridized carbons (Fsp3) is 0.250. The van der Waals surface area contributed by atoms with E-state index in [1.165, 1.54) is 0 Å². The number of nitrogens with one attached hydrogen (secondary N) is 3. The first-order chi connectivity index (χ1) is 10.1. The van der Waals surface area contributed by atoms with Crippen molar-refractivity contribution in [1.82, 2.24) is 34.9 Å². The van der Waals surface area contributed by atoms with Crippen molar-refractivity contribution in [3.8, 4) is 5.82 Å². The fourth-order valence-corrected chi connectivity index (χ4v) is 1.96. The largest absolute Gasteiger partial charge is 0.362 e. The van der Waals surface area contributed by atoms with Gasteiger partial charge in [0.05, 0.1) is 6.54 Å². The predicted molar refractivity (Wildman–Crippen MR) is 75.2 cm³/mol. The van der Waals surface area contributed by atoms with Crippen LogP contribution in [-0.4, -0.2) is 34.9 Å². The second kappa shape index (κ2) is 5.19. The number of nitrogens with zero attached hydrogens (tertiary/aromatic N) is 5. The third-order valence-corrected chi connectivity index (χ3v) is 2.93. The molecule has 0 radical (unpaired) electrons. The van der Waals surface area contributed by atoms with Gasteiger partial charge in [-0.25, -0.2) is 24.5 Å². The standard InChI is InChI=1S/C12H14N8O/c1-7-10(13-6-9-17-12(21)19-18-9)15-8(2)16-11(7)20-5-3-4-14-20/h3-5H,6H2,1-2H3,(H,13,15,16)(H2,17,18,19,21). The molecule has 0 spiro atoms. The normalized spacial score (nSPS) is 10.8. The molecule has 0 saturated carbocycles. The van der Waals surface area contributed by atoms with Crippen LogP contribution in [0.5, 0.6) is 0 Å². The molecular formula is C12H14N8O. The molecule has 0 unspecified atom stereocenters. The van der Waals surface area contributed by atoms with E-state index in [1.807, 2.05) is 26.1 Å². The molecule has 3 heterocycles. The van der Waals surface area contributed by atoms with Crippen LogP contribution in [0, 0.1) is 13.8 Å². The number of hydrogen-bond acceptors (Lipinski definition) is 6. The number of aryl methyl sites for hydroxylation is 1. The number of anilines is 1. The van der Waals surface area contributed by atoms with Gasteiger partial charge in [-0.05, 0) is 19.9 Å². The molecule has 21 heavy (non-hydrogen) atoms. The van der Waals surface area contributed by atoms with Gasteiger partial charge in [-0.3, -0.25) is 4.98 Å². The van der Waals surface area contributed by atoms with E-state index >= 15 is 0 Å². The molecule has 0 fully saturated rings. The highest BCUT2D eigenvalue weighted by Crippen LogP contribution is 2.18. The molecule has 0 atom stereocenters. The lowest BCUT2D eigenvalue weighted by Crippen LogP contribution is -2.11. The summed E-state index contributed by atoms with van der Waals surface area (Å²) >= 11 is 0. The summed E-state index contributed by atoms with van der Waals surface area (Å²) in [5, 5.41) is 13.5. The zero-order valence-electron chi connectivity index (χ0n) is 11.6. The van der Waals surface area contributed by atoms with Crippen LogP contribution in [0.3, 0.4) is 0 Å². The smallest absolute Gasteiger partial charge is 0.340 e. The average Bonchev–Trinajstić information content (AvgIpc) is 3.11. The van der Waals surface area contributed by atoms with Crippen molar-refractivity contribution in [1.29, 1.82) is 0 Å². The lowest BCUT2D eigenvalue weighted by atomic mass is 10.3. The topological polar surface area (TPSA) is 117 Å². The van der Waals surface area contributed by atoms with Gasteiger partial charge < -0.3 is 5.32 Å². The van der Waals surface area contributed by atoms with Crippen LogP contribution in [-0.2, 0) is 6.54 Å². The number of rotatable bonds is 4. The molecule has 3 rings (SSSR count). The molecule has 3 aromatic rings. The lowest BCUT2D eigenvalue weighted by Gasteiger charge is -2.12. The van der Waals surface area contributed by atoms with Crippen LogP contribution in [0.4, 0.5) is 5.82 Å². The summed E-state index contributed by atoms with van der Waals surface area (Å²) in [6.07, 6.45) is 3.52. The van der Waals surface area contributed by atoms with Gasteiger partial charge in [0.2, 0.25) is 0 Å². The number of H-pyrrole nitrogens is 2. The van der Waals surface area contributed by atoms with Gasteiger partial charge in [0, 0.05) is 18.0 Å². The van der Waals surface area contributed by atoms with E-state index in [-0.39, 0.29) is 5.69 Å². The molecule has 108 valence electrons. The third-order valence-electron chi connectivity index (χ3n) is 2.93. The maximum atomic E-state index is 11.0. The van der Waals surface area contributed by atoms with Crippen molar-refractivity contribution < 1.29 is 0 Å². The summed E-state index contributed by atoms with van der Waals surface area (Å²) in [5.41, 5.74) is 0.529. The molecule has 0 aliphatic carbocycles. The first-order valence-corrected chi connectivity index (χ1v) is 6.36. The third kappa shape index (κ3) is 2.66. The van der Waals surface area contributed by atoms with Crippen molar-refractivity contribution in [2.75, 3.05) is 5.32 Å².